The Kier molecular flexibility index (Phi) is 5.99. The monoisotopic (exact) mass is 426 g/mol. The third kappa shape index (κ3) is 4.05. The van der Waals surface area contributed by atoms with Crippen molar-refractivity contribution >= 4 is 11.9 Å². The highest BCUT2D eigenvalue weighted by Gasteiger charge is 2.55. The maximum absolute atomic E-state index is 12.8. The van der Waals surface area contributed by atoms with Crippen LogP contribution in [0.3, 0.4) is 0 Å². The lowest BCUT2D eigenvalue weighted by Gasteiger charge is -2.31. The molecule has 1 aromatic rings. The first-order valence-electron chi connectivity index (χ1n) is 11.7. The Labute approximate surface area is 184 Å². The van der Waals surface area contributed by atoms with E-state index in [4.69, 9.17) is 9.47 Å². The van der Waals surface area contributed by atoms with E-state index in [-0.39, 0.29) is 35.8 Å². The van der Waals surface area contributed by atoms with Gasteiger partial charge in [0.2, 0.25) is 0 Å². The number of esters is 2. The van der Waals surface area contributed by atoms with E-state index >= 15 is 0 Å². The standard InChI is InChI=1S/C26H34O5/c1-5-6-7-17-8-10-18(11-9-17)25(28)30-21-14-20-22(16(21)3)23-19(12-13-26(20,4)29)15(2)24(27)31-23/h8-11,15,19-21,23,29H,5-7,12-14H2,1-4H3/t15-,19-,20?,21-,23-,26+/m0/s1. The molecule has 3 aliphatic rings. The van der Waals surface area contributed by atoms with Gasteiger partial charge in [-0.25, -0.2) is 4.79 Å². The highest BCUT2D eigenvalue weighted by Crippen LogP contribution is 2.52. The topological polar surface area (TPSA) is 72.8 Å². The lowest BCUT2D eigenvalue weighted by atomic mass is 9.81. The molecule has 168 valence electrons. The van der Waals surface area contributed by atoms with Gasteiger partial charge in [-0.2, -0.15) is 0 Å². The molecule has 1 unspecified atom stereocenters. The van der Waals surface area contributed by atoms with Crippen LogP contribution >= 0.6 is 0 Å². The minimum atomic E-state index is -0.908. The van der Waals surface area contributed by atoms with Gasteiger partial charge in [-0.3, -0.25) is 4.79 Å². The Bertz CT molecular complexity index is 882. The molecule has 2 fully saturated rings. The van der Waals surface area contributed by atoms with Crippen molar-refractivity contribution in [1.29, 1.82) is 0 Å². The maximum Gasteiger partial charge on any atom is 0.338 e. The SMILES string of the molecule is CCCCc1ccc(C(=O)O[C@H]2CC3C(=C2C)[C@H]2OC(=O)[C@@H](C)[C@@H]2CC[C@@]3(C)O)cc1. The summed E-state index contributed by atoms with van der Waals surface area (Å²) in [4.78, 5) is 25.1. The van der Waals surface area contributed by atoms with Crippen LogP contribution in [0.1, 0.15) is 75.7 Å². The number of hydrogen-bond donors (Lipinski definition) is 1. The zero-order valence-electron chi connectivity index (χ0n) is 19.0. The minimum absolute atomic E-state index is 0.0686. The molecule has 0 bridgehead atoms. The second-order valence-corrected chi connectivity index (χ2v) is 9.83. The molecule has 0 radical (unpaired) electrons. The molecule has 0 amide bonds. The van der Waals surface area contributed by atoms with E-state index in [0.29, 0.717) is 18.4 Å². The van der Waals surface area contributed by atoms with Gasteiger partial charge in [0.15, 0.2) is 0 Å². The molecule has 1 N–H and O–H groups in total. The number of aliphatic hydroxyl groups is 1. The van der Waals surface area contributed by atoms with E-state index in [1.807, 2.05) is 45.0 Å². The molecule has 6 atom stereocenters. The number of ether oxygens (including phenoxy) is 2. The Hall–Kier alpha value is -2.14. The highest BCUT2D eigenvalue weighted by molar-refractivity contribution is 5.89. The summed E-state index contributed by atoms with van der Waals surface area (Å²) >= 11 is 0. The van der Waals surface area contributed by atoms with Gasteiger partial charge in [0.1, 0.15) is 12.2 Å². The van der Waals surface area contributed by atoms with E-state index < -0.39 is 11.7 Å². The van der Waals surface area contributed by atoms with Gasteiger partial charge in [-0.15, -0.1) is 0 Å². The Morgan fingerprint density at radius 2 is 2.00 bits per heavy atom. The first-order valence-corrected chi connectivity index (χ1v) is 11.7. The third-order valence-corrected chi connectivity index (χ3v) is 7.71. The van der Waals surface area contributed by atoms with Gasteiger partial charge in [0, 0.05) is 11.8 Å². The molecular formula is C26H34O5. The lowest BCUT2D eigenvalue weighted by molar-refractivity contribution is -0.143. The second-order valence-electron chi connectivity index (χ2n) is 9.83. The fraction of sp³-hybridized carbons (Fsp3) is 0.615. The summed E-state index contributed by atoms with van der Waals surface area (Å²) in [6.07, 6.45) is 4.45. The van der Waals surface area contributed by atoms with Crippen LogP contribution in [0, 0.1) is 17.8 Å². The fourth-order valence-electron chi connectivity index (χ4n) is 5.60. The minimum Gasteiger partial charge on any atom is -0.457 e. The summed E-state index contributed by atoms with van der Waals surface area (Å²) in [5.41, 5.74) is 2.75. The molecule has 1 heterocycles. The molecule has 1 aliphatic heterocycles. The number of carbonyl (C=O) groups is 2. The van der Waals surface area contributed by atoms with Crippen molar-refractivity contribution in [1.82, 2.24) is 0 Å². The van der Waals surface area contributed by atoms with Crippen molar-refractivity contribution in [2.24, 2.45) is 17.8 Å². The summed E-state index contributed by atoms with van der Waals surface area (Å²) in [6.45, 7) is 7.89. The van der Waals surface area contributed by atoms with Crippen LogP contribution in [0.2, 0.25) is 0 Å². The maximum atomic E-state index is 12.8. The van der Waals surface area contributed by atoms with E-state index in [1.165, 1.54) is 5.56 Å². The van der Waals surface area contributed by atoms with E-state index in [9.17, 15) is 14.7 Å². The molecule has 0 spiro atoms. The number of aryl methyl sites for hydroxylation is 1. The Morgan fingerprint density at radius 3 is 2.68 bits per heavy atom. The summed E-state index contributed by atoms with van der Waals surface area (Å²) in [7, 11) is 0. The van der Waals surface area contributed by atoms with Crippen LogP contribution in [0.5, 0.6) is 0 Å². The second kappa shape index (κ2) is 8.42. The predicted octanol–water partition coefficient (Wildman–Crippen LogP) is 4.61. The Morgan fingerprint density at radius 1 is 1.29 bits per heavy atom. The largest absolute Gasteiger partial charge is 0.457 e. The van der Waals surface area contributed by atoms with Crippen LogP contribution in [-0.4, -0.2) is 34.9 Å². The number of rotatable bonds is 5. The number of unbranched alkanes of at least 4 members (excludes halogenated alkanes) is 1. The van der Waals surface area contributed by atoms with E-state index in [1.54, 1.807) is 0 Å². The zero-order chi connectivity index (χ0) is 22.3. The molecule has 1 saturated carbocycles. The third-order valence-electron chi connectivity index (χ3n) is 7.71. The van der Waals surface area contributed by atoms with Crippen LogP contribution in [0.25, 0.3) is 0 Å². The molecule has 5 nitrogen and oxygen atoms in total. The van der Waals surface area contributed by atoms with Gasteiger partial charge in [-0.05, 0) is 74.8 Å². The van der Waals surface area contributed by atoms with Crippen LogP contribution in [0.15, 0.2) is 35.4 Å². The fourth-order valence-corrected chi connectivity index (χ4v) is 5.60. The average Bonchev–Trinajstić information content (AvgIpc) is 3.18. The number of hydrogen-bond acceptors (Lipinski definition) is 5. The van der Waals surface area contributed by atoms with E-state index in [2.05, 4.69) is 6.92 Å². The highest BCUT2D eigenvalue weighted by atomic mass is 16.6. The normalized spacial score (nSPS) is 34.7. The van der Waals surface area contributed by atoms with Crippen molar-refractivity contribution in [3.8, 4) is 0 Å². The van der Waals surface area contributed by atoms with Crippen molar-refractivity contribution in [3.63, 3.8) is 0 Å². The van der Waals surface area contributed by atoms with Crippen molar-refractivity contribution in [2.45, 2.75) is 84.0 Å². The molecule has 1 saturated heterocycles. The first-order chi connectivity index (χ1) is 14.7. The van der Waals surface area contributed by atoms with Crippen LogP contribution < -0.4 is 0 Å². The van der Waals surface area contributed by atoms with Crippen molar-refractivity contribution < 1.29 is 24.2 Å². The molecular weight excluding hydrogens is 392 g/mol. The average molecular weight is 427 g/mol. The molecule has 2 aliphatic carbocycles. The van der Waals surface area contributed by atoms with E-state index in [0.717, 1.165) is 36.8 Å². The zero-order valence-corrected chi connectivity index (χ0v) is 19.0. The quantitative estimate of drug-likeness (QED) is 0.550. The summed E-state index contributed by atoms with van der Waals surface area (Å²) < 4.78 is 11.7. The molecule has 31 heavy (non-hydrogen) atoms. The smallest absolute Gasteiger partial charge is 0.338 e. The van der Waals surface area contributed by atoms with Crippen molar-refractivity contribution in [3.05, 3.63) is 46.5 Å². The van der Waals surface area contributed by atoms with Gasteiger partial charge in [-0.1, -0.05) is 32.4 Å². The van der Waals surface area contributed by atoms with Crippen LogP contribution in [0.4, 0.5) is 0 Å². The number of fused-ring (bicyclic) bond motifs is 3. The lowest BCUT2D eigenvalue weighted by Crippen LogP contribution is -2.35. The van der Waals surface area contributed by atoms with Gasteiger partial charge >= 0.3 is 11.9 Å². The summed E-state index contributed by atoms with van der Waals surface area (Å²) in [5, 5.41) is 11.2. The molecule has 1 aromatic carbocycles. The molecule has 5 heteroatoms. The van der Waals surface area contributed by atoms with Gasteiger partial charge in [0.25, 0.3) is 0 Å². The summed E-state index contributed by atoms with van der Waals surface area (Å²) in [5.74, 6) is -0.794. The van der Waals surface area contributed by atoms with Gasteiger partial charge < -0.3 is 14.6 Å². The predicted molar refractivity (Wildman–Crippen MR) is 117 cm³/mol. The van der Waals surface area contributed by atoms with Gasteiger partial charge in [0.05, 0.1) is 17.1 Å². The molecule has 0 aromatic heterocycles. The van der Waals surface area contributed by atoms with Crippen LogP contribution in [-0.2, 0) is 20.7 Å². The first kappa shape index (κ1) is 22.1. The van der Waals surface area contributed by atoms with Crippen molar-refractivity contribution in [2.75, 3.05) is 0 Å². The number of carbonyl (C=O) groups excluding carboxylic acids is 2. The number of benzene rings is 1. The Balaban J connectivity index is 1.55. The summed E-state index contributed by atoms with van der Waals surface area (Å²) in [6, 6.07) is 7.64. The molecule has 4 rings (SSSR count).